The van der Waals surface area contributed by atoms with E-state index >= 15 is 0 Å². The molecule has 0 spiro atoms. The molecule has 0 radical (unpaired) electrons. The summed E-state index contributed by atoms with van der Waals surface area (Å²) >= 11 is 0. The number of nitrogens with zero attached hydrogens (tertiary/aromatic N) is 3. The van der Waals surface area contributed by atoms with E-state index in [1.54, 1.807) is 0 Å². The van der Waals surface area contributed by atoms with E-state index in [4.69, 9.17) is 5.73 Å². The number of nitrogens with two attached hydrogens (primary N) is 1. The van der Waals surface area contributed by atoms with Crippen molar-refractivity contribution in [3.63, 3.8) is 0 Å². The number of hydrogen-bond donors (Lipinski definition) is 3. The van der Waals surface area contributed by atoms with Crippen LogP contribution in [0.15, 0.2) is 11.2 Å². The third-order valence-electron chi connectivity index (χ3n) is 4.80. The van der Waals surface area contributed by atoms with Crippen LogP contribution in [-0.2, 0) is 6.54 Å². The Kier molecular flexibility index (Phi) is 3.43. The van der Waals surface area contributed by atoms with E-state index in [1.807, 2.05) is 12.4 Å². The van der Waals surface area contributed by atoms with Crippen LogP contribution >= 0.6 is 0 Å². The Morgan fingerprint density at radius 2 is 2.05 bits per heavy atom. The van der Waals surface area contributed by atoms with Crippen molar-refractivity contribution in [1.29, 1.82) is 0 Å². The fourth-order valence-corrected chi connectivity index (χ4v) is 3.29. The molecule has 1 unspecified atom stereocenters. The van der Waals surface area contributed by atoms with Crippen LogP contribution in [0.4, 0.5) is 5.82 Å². The molecule has 1 aromatic rings. The van der Waals surface area contributed by atoms with E-state index in [0.717, 1.165) is 30.8 Å². The van der Waals surface area contributed by atoms with Crippen LogP contribution in [0.3, 0.4) is 0 Å². The van der Waals surface area contributed by atoms with Crippen LogP contribution in [-0.4, -0.2) is 34.4 Å². The van der Waals surface area contributed by atoms with E-state index in [0.29, 0.717) is 18.0 Å². The fourth-order valence-electron chi connectivity index (χ4n) is 3.29. The van der Waals surface area contributed by atoms with E-state index in [9.17, 15) is 0 Å². The topological polar surface area (TPSA) is 80.3 Å². The minimum atomic E-state index is 0.000211. The lowest BCUT2D eigenvalue weighted by molar-refractivity contribution is 0.286. The molecule has 114 valence electrons. The first kappa shape index (κ1) is 13.3. The van der Waals surface area contributed by atoms with Gasteiger partial charge in [-0.15, -0.1) is 0 Å². The zero-order valence-electron chi connectivity index (χ0n) is 12.3. The maximum atomic E-state index is 5.99. The molecular formula is C15H24N6. The molecule has 6 heteroatoms. The summed E-state index contributed by atoms with van der Waals surface area (Å²) in [6.45, 7) is 0.985. The Morgan fingerprint density at radius 3 is 2.81 bits per heavy atom. The number of hydrogen-bond acceptors (Lipinski definition) is 5. The molecule has 1 aromatic heterocycles. The molecular weight excluding hydrogens is 264 g/mol. The van der Waals surface area contributed by atoms with E-state index in [2.05, 4.69) is 25.4 Å². The van der Waals surface area contributed by atoms with Crippen molar-refractivity contribution in [2.45, 2.75) is 63.4 Å². The van der Waals surface area contributed by atoms with Crippen molar-refractivity contribution in [3.05, 3.63) is 11.8 Å². The number of fused-ring (bicyclic) bond motifs is 1. The second-order valence-corrected chi connectivity index (χ2v) is 6.68. The van der Waals surface area contributed by atoms with Gasteiger partial charge < -0.3 is 11.1 Å². The number of aromatic nitrogens is 2. The molecule has 1 aliphatic heterocycles. The maximum Gasteiger partial charge on any atom is 0.175 e. The van der Waals surface area contributed by atoms with Gasteiger partial charge in [-0.25, -0.2) is 4.68 Å². The Balaban J connectivity index is 1.43. The lowest BCUT2D eigenvalue weighted by atomic mass is 9.86. The third-order valence-corrected chi connectivity index (χ3v) is 4.80. The summed E-state index contributed by atoms with van der Waals surface area (Å²) in [7, 11) is 0. The molecule has 0 bridgehead atoms. The first-order valence-electron chi connectivity index (χ1n) is 8.15. The van der Waals surface area contributed by atoms with Gasteiger partial charge in [-0.05, 0) is 44.4 Å². The van der Waals surface area contributed by atoms with Crippen LogP contribution in [0, 0.1) is 5.92 Å². The standard InChI is InChI=1S/C15H24N6/c16-12-3-1-10(2-4-12)9-21-14-11(8-18-21)7-17-15(20-14)19-13-5-6-13/h7-8,10,12-13,15,19-20H,1-6,9,16H2. The number of anilines is 1. The number of nitrogens with one attached hydrogen (secondary N) is 2. The Labute approximate surface area is 125 Å². The minimum Gasteiger partial charge on any atom is -0.336 e. The number of aliphatic imine (C=N–C) groups is 1. The molecule has 21 heavy (non-hydrogen) atoms. The maximum absolute atomic E-state index is 5.99. The molecule has 4 rings (SSSR count). The van der Waals surface area contributed by atoms with Gasteiger partial charge in [-0.3, -0.25) is 10.3 Å². The van der Waals surface area contributed by atoms with Crippen molar-refractivity contribution in [2.75, 3.05) is 5.32 Å². The highest BCUT2D eigenvalue weighted by molar-refractivity contribution is 5.88. The average Bonchev–Trinajstić information content (AvgIpc) is 3.22. The van der Waals surface area contributed by atoms with Crippen LogP contribution < -0.4 is 16.4 Å². The van der Waals surface area contributed by atoms with Gasteiger partial charge in [0.1, 0.15) is 5.82 Å². The van der Waals surface area contributed by atoms with E-state index in [1.165, 1.54) is 25.7 Å². The quantitative estimate of drug-likeness (QED) is 0.779. The monoisotopic (exact) mass is 288 g/mol. The second kappa shape index (κ2) is 5.42. The van der Waals surface area contributed by atoms with Gasteiger partial charge in [-0.2, -0.15) is 5.10 Å². The largest absolute Gasteiger partial charge is 0.336 e. The van der Waals surface area contributed by atoms with Crippen molar-refractivity contribution in [1.82, 2.24) is 15.1 Å². The van der Waals surface area contributed by atoms with Crippen molar-refractivity contribution in [3.8, 4) is 0 Å². The lowest BCUT2D eigenvalue weighted by Crippen LogP contribution is -2.39. The summed E-state index contributed by atoms with van der Waals surface area (Å²) in [4.78, 5) is 4.50. The van der Waals surface area contributed by atoms with Crippen LogP contribution in [0.1, 0.15) is 44.1 Å². The zero-order valence-corrected chi connectivity index (χ0v) is 12.3. The lowest BCUT2D eigenvalue weighted by Gasteiger charge is -2.27. The highest BCUT2D eigenvalue weighted by Crippen LogP contribution is 2.28. The highest BCUT2D eigenvalue weighted by atomic mass is 15.4. The van der Waals surface area contributed by atoms with Gasteiger partial charge in [0.25, 0.3) is 0 Å². The normalized spacial score (nSPS) is 31.8. The molecule has 1 atom stereocenters. The summed E-state index contributed by atoms with van der Waals surface area (Å²) < 4.78 is 2.11. The van der Waals surface area contributed by atoms with Gasteiger partial charge in [0.15, 0.2) is 6.29 Å². The van der Waals surface area contributed by atoms with Gasteiger partial charge in [0, 0.05) is 24.8 Å². The van der Waals surface area contributed by atoms with Crippen molar-refractivity contribution < 1.29 is 0 Å². The third kappa shape index (κ3) is 2.96. The number of rotatable bonds is 4. The predicted molar refractivity (Wildman–Crippen MR) is 83.3 cm³/mol. The summed E-state index contributed by atoms with van der Waals surface area (Å²) in [5.41, 5.74) is 7.09. The van der Waals surface area contributed by atoms with Gasteiger partial charge in [-0.1, -0.05) is 0 Å². The van der Waals surface area contributed by atoms with Gasteiger partial charge in [0.2, 0.25) is 0 Å². The van der Waals surface area contributed by atoms with Crippen LogP contribution in [0.25, 0.3) is 0 Å². The van der Waals surface area contributed by atoms with Crippen molar-refractivity contribution in [2.24, 2.45) is 16.6 Å². The molecule has 2 fully saturated rings. The molecule has 2 heterocycles. The molecule has 2 saturated carbocycles. The minimum absolute atomic E-state index is 0.000211. The predicted octanol–water partition coefficient (Wildman–Crippen LogP) is 1.28. The Bertz CT molecular complexity index is 524. The van der Waals surface area contributed by atoms with Gasteiger partial charge >= 0.3 is 0 Å². The molecule has 3 aliphatic rings. The highest BCUT2D eigenvalue weighted by Gasteiger charge is 2.27. The van der Waals surface area contributed by atoms with Crippen molar-refractivity contribution >= 4 is 12.0 Å². The Morgan fingerprint density at radius 1 is 1.24 bits per heavy atom. The molecule has 6 nitrogen and oxygen atoms in total. The summed E-state index contributed by atoms with van der Waals surface area (Å²) in [6, 6.07) is 1.04. The molecule has 0 saturated heterocycles. The average molecular weight is 288 g/mol. The second-order valence-electron chi connectivity index (χ2n) is 6.68. The smallest absolute Gasteiger partial charge is 0.175 e. The SMILES string of the molecule is NC1CCC(Cn2ncc3c2NC(NC2CC2)N=C3)CC1. The molecule has 2 aliphatic carbocycles. The zero-order chi connectivity index (χ0) is 14.2. The first-order chi connectivity index (χ1) is 10.3. The summed E-state index contributed by atoms with van der Waals surface area (Å²) in [5, 5.41) is 11.5. The first-order valence-corrected chi connectivity index (χ1v) is 8.15. The molecule has 0 amide bonds. The van der Waals surface area contributed by atoms with E-state index in [-0.39, 0.29) is 6.29 Å². The summed E-state index contributed by atoms with van der Waals surface area (Å²) in [6.07, 6.45) is 11.1. The Hall–Kier alpha value is -1.40. The van der Waals surface area contributed by atoms with Crippen LogP contribution in [0.2, 0.25) is 0 Å². The summed E-state index contributed by atoms with van der Waals surface area (Å²) in [5.74, 6) is 1.81. The fraction of sp³-hybridized carbons (Fsp3) is 0.733. The van der Waals surface area contributed by atoms with Gasteiger partial charge in [0.05, 0.1) is 11.8 Å². The van der Waals surface area contributed by atoms with Crippen LogP contribution in [0.5, 0.6) is 0 Å². The molecule has 4 N–H and O–H groups in total. The van der Waals surface area contributed by atoms with E-state index < -0.39 is 0 Å². The molecule has 0 aromatic carbocycles.